The second kappa shape index (κ2) is 4.97. The van der Waals surface area contributed by atoms with Crippen LogP contribution in [0, 0.1) is 6.92 Å². The molecule has 5 heteroatoms. The topological polar surface area (TPSA) is 62.2 Å². The summed E-state index contributed by atoms with van der Waals surface area (Å²) in [6.45, 7) is 2.59. The summed E-state index contributed by atoms with van der Waals surface area (Å²) in [4.78, 5) is 15.8. The number of hydrogen-bond donors (Lipinski definition) is 2. The number of nitrogens with zero attached hydrogens (tertiary/aromatic N) is 1. The van der Waals surface area contributed by atoms with E-state index in [1.807, 2.05) is 13.0 Å². The van der Waals surface area contributed by atoms with Crippen LogP contribution in [0.4, 0.5) is 5.69 Å². The molecule has 0 spiro atoms. The van der Waals surface area contributed by atoms with E-state index >= 15 is 0 Å². The first-order chi connectivity index (χ1) is 8.15. The Hall–Kier alpha value is -1.88. The average molecular weight is 248 g/mol. The number of aromatic carboxylic acids is 1. The Kier molecular flexibility index (Phi) is 3.39. The molecule has 0 amide bonds. The first kappa shape index (κ1) is 11.6. The van der Waals surface area contributed by atoms with E-state index in [1.54, 1.807) is 23.8 Å². The molecule has 2 N–H and O–H groups in total. The van der Waals surface area contributed by atoms with E-state index in [1.165, 1.54) is 11.3 Å². The molecule has 17 heavy (non-hydrogen) atoms. The van der Waals surface area contributed by atoms with Crippen molar-refractivity contribution in [2.45, 2.75) is 13.5 Å². The van der Waals surface area contributed by atoms with E-state index in [4.69, 9.17) is 5.11 Å². The van der Waals surface area contributed by atoms with Crippen molar-refractivity contribution in [1.29, 1.82) is 0 Å². The normalized spacial score (nSPS) is 10.2. The highest BCUT2D eigenvalue weighted by Gasteiger charge is 2.06. The lowest BCUT2D eigenvalue weighted by molar-refractivity contribution is 0.0697. The minimum atomic E-state index is -0.885. The van der Waals surface area contributed by atoms with Crippen molar-refractivity contribution in [2.24, 2.45) is 0 Å². The Bertz CT molecular complexity index is 537. The fourth-order valence-electron chi connectivity index (χ4n) is 1.43. The summed E-state index contributed by atoms with van der Waals surface area (Å²) in [7, 11) is 0. The SMILES string of the molecule is Cc1cncc(NCc2cc(C(=O)O)cs2)c1. The number of anilines is 1. The molecule has 0 saturated heterocycles. The van der Waals surface area contributed by atoms with Crippen molar-refractivity contribution in [3.05, 3.63) is 45.9 Å². The highest BCUT2D eigenvalue weighted by Crippen LogP contribution is 2.16. The summed E-state index contributed by atoms with van der Waals surface area (Å²) in [6, 6.07) is 3.68. The minimum Gasteiger partial charge on any atom is -0.478 e. The van der Waals surface area contributed by atoms with Gasteiger partial charge in [0.1, 0.15) is 0 Å². The number of aryl methyl sites for hydroxylation is 1. The van der Waals surface area contributed by atoms with E-state index in [2.05, 4.69) is 10.3 Å². The number of nitrogens with one attached hydrogen (secondary N) is 1. The number of carboxylic acid groups (broad SMARTS) is 1. The Balaban J connectivity index is 2.00. The molecule has 0 bridgehead atoms. The molecular formula is C12H12N2O2S. The van der Waals surface area contributed by atoms with E-state index in [9.17, 15) is 4.79 Å². The van der Waals surface area contributed by atoms with Gasteiger partial charge in [0.2, 0.25) is 0 Å². The number of hydrogen-bond acceptors (Lipinski definition) is 4. The molecule has 2 rings (SSSR count). The molecule has 0 aromatic carbocycles. The zero-order chi connectivity index (χ0) is 12.3. The maximum Gasteiger partial charge on any atom is 0.336 e. The molecule has 0 fully saturated rings. The Morgan fingerprint density at radius 3 is 2.94 bits per heavy atom. The van der Waals surface area contributed by atoms with Crippen LogP contribution in [0.15, 0.2) is 29.9 Å². The van der Waals surface area contributed by atoms with Crippen molar-refractivity contribution in [1.82, 2.24) is 4.98 Å². The van der Waals surface area contributed by atoms with Gasteiger partial charge in [-0.25, -0.2) is 4.79 Å². The van der Waals surface area contributed by atoms with E-state index in [0.29, 0.717) is 12.1 Å². The van der Waals surface area contributed by atoms with Crippen molar-refractivity contribution in [2.75, 3.05) is 5.32 Å². The molecule has 88 valence electrons. The number of carbonyl (C=O) groups is 1. The zero-order valence-corrected chi connectivity index (χ0v) is 10.1. The van der Waals surface area contributed by atoms with Crippen LogP contribution in [0.2, 0.25) is 0 Å². The molecule has 2 aromatic rings. The van der Waals surface area contributed by atoms with Gasteiger partial charge in [-0.05, 0) is 24.6 Å². The summed E-state index contributed by atoms with van der Waals surface area (Å²) in [5, 5.41) is 13.7. The molecule has 2 heterocycles. The standard InChI is InChI=1S/C12H12N2O2S/c1-8-2-10(5-13-4-8)14-6-11-3-9(7-17-11)12(15)16/h2-5,7,14H,6H2,1H3,(H,15,16). The largest absolute Gasteiger partial charge is 0.478 e. The summed E-state index contributed by atoms with van der Waals surface area (Å²) >= 11 is 1.44. The lowest BCUT2D eigenvalue weighted by atomic mass is 10.3. The van der Waals surface area contributed by atoms with Crippen LogP contribution in [-0.2, 0) is 6.54 Å². The van der Waals surface area contributed by atoms with Crippen LogP contribution in [0.1, 0.15) is 20.8 Å². The molecule has 0 atom stereocenters. The van der Waals surface area contributed by atoms with Crippen molar-refractivity contribution in [3.8, 4) is 0 Å². The van der Waals surface area contributed by atoms with Gasteiger partial charge in [0, 0.05) is 29.2 Å². The van der Waals surface area contributed by atoms with Crippen LogP contribution in [-0.4, -0.2) is 16.1 Å². The third kappa shape index (κ3) is 3.04. The lowest BCUT2D eigenvalue weighted by Gasteiger charge is -2.04. The molecule has 0 saturated carbocycles. The van der Waals surface area contributed by atoms with Gasteiger partial charge in [-0.15, -0.1) is 11.3 Å². The molecule has 0 aliphatic heterocycles. The summed E-state index contributed by atoms with van der Waals surface area (Å²) in [6.07, 6.45) is 3.54. The third-order valence-electron chi connectivity index (χ3n) is 2.24. The van der Waals surface area contributed by atoms with Crippen LogP contribution < -0.4 is 5.32 Å². The zero-order valence-electron chi connectivity index (χ0n) is 9.30. The Morgan fingerprint density at radius 1 is 1.47 bits per heavy atom. The van der Waals surface area contributed by atoms with Gasteiger partial charge in [-0.1, -0.05) is 0 Å². The van der Waals surface area contributed by atoms with Crippen LogP contribution in [0.3, 0.4) is 0 Å². The molecule has 0 radical (unpaired) electrons. The van der Waals surface area contributed by atoms with Gasteiger partial charge >= 0.3 is 5.97 Å². The molecule has 0 aliphatic carbocycles. The molecular weight excluding hydrogens is 236 g/mol. The maximum atomic E-state index is 10.7. The number of pyridine rings is 1. The first-order valence-corrected chi connectivity index (χ1v) is 5.99. The van der Waals surface area contributed by atoms with Gasteiger partial charge < -0.3 is 10.4 Å². The van der Waals surface area contributed by atoms with Crippen molar-refractivity contribution >= 4 is 23.0 Å². The Morgan fingerprint density at radius 2 is 2.29 bits per heavy atom. The van der Waals surface area contributed by atoms with E-state index < -0.39 is 5.97 Å². The second-order valence-corrected chi connectivity index (χ2v) is 4.71. The third-order valence-corrected chi connectivity index (χ3v) is 3.18. The summed E-state index contributed by atoms with van der Waals surface area (Å²) in [5.74, 6) is -0.885. The average Bonchev–Trinajstić information content (AvgIpc) is 2.75. The Labute approximate surface area is 103 Å². The van der Waals surface area contributed by atoms with E-state index in [-0.39, 0.29) is 0 Å². The smallest absolute Gasteiger partial charge is 0.336 e. The van der Waals surface area contributed by atoms with Gasteiger partial charge in [0.05, 0.1) is 11.3 Å². The highest BCUT2D eigenvalue weighted by atomic mass is 32.1. The predicted octanol–water partition coefficient (Wildman–Crippen LogP) is 2.76. The molecule has 2 aromatic heterocycles. The second-order valence-electron chi connectivity index (χ2n) is 3.71. The van der Waals surface area contributed by atoms with Crippen molar-refractivity contribution < 1.29 is 9.90 Å². The first-order valence-electron chi connectivity index (χ1n) is 5.11. The number of aromatic nitrogens is 1. The van der Waals surface area contributed by atoms with Gasteiger partial charge in [-0.3, -0.25) is 4.98 Å². The van der Waals surface area contributed by atoms with Gasteiger partial charge in [0.25, 0.3) is 0 Å². The number of carboxylic acids is 1. The van der Waals surface area contributed by atoms with E-state index in [0.717, 1.165) is 16.1 Å². The monoisotopic (exact) mass is 248 g/mol. The van der Waals surface area contributed by atoms with Gasteiger partial charge in [-0.2, -0.15) is 0 Å². The van der Waals surface area contributed by atoms with Crippen LogP contribution >= 0.6 is 11.3 Å². The minimum absolute atomic E-state index is 0.342. The van der Waals surface area contributed by atoms with Crippen LogP contribution in [0.25, 0.3) is 0 Å². The van der Waals surface area contributed by atoms with Crippen molar-refractivity contribution in [3.63, 3.8) is 0 Å². The molecule has 4 nitrogen and oxygen atoms in total. The summed E-state index contributed by atoms with van der Waals surface area (Å²) < 4.78 is 0. The van der Waals surface area contributed by atoms with Crippen LogP contribution in [0.5, 0.6) is 0 Å². The summed E-state index contributed by atoms with van der Waals surface area (Å²) in [5.41, 5.74) is 2.37. The predicted molar refractivity (Wildman–Crippen MR) is 67.6 cm³/mol. The number of rotatable bonds is 4. The molecule has 0 unspecified atom stereocenters. The number of thiophene rings is 1. The molecule has 0 aliphatic rings. The fraction of sp³-hybridized carbons (Fsp3) is 0.167. The van der Waals surface area contributed by atoms with Gasteiger partial charge in [0.15, 0.2) is 0 Å². The lowest BCUT2D eigenvalue weighted by Crippen LogP contribution is -1.98. The fourth-order valence-corrected chi connectivity index (χ4v) is 2.22. The maximum absolute atomic E-state index is 10.7. The highest BCUT2D eigenvalue weighted by molar-refractivity contribution is 7.10. The quantitative estimate of drug-likeness (QED) is 0.873.